The van der Waals surface area contributed by atoms with Gasteiger partial charge in [-0.15, -0.1) is 0 Å². The summed E-state index contributed by atoms with van der Waals surface area (Å²) in [6.07, 6.45) is 2.66. The molecule has 0 amide bonds. The van der Waals surface area contributed by atoms with Crippen LogP contribution in [-0.4, -0.2) is 18.5 Å². The predicted octanol–water partition coefficient (Wildman–Crippen LogP) is 5.62. The van der Waals surface area contributed by atoms with E-state index in [0.29, 0.717) is 11.6 Å². The predicted molar refractivity (Wildman–Crippen MR) is 111 cm³/mol. The molecule has 1 N–H and O–H groups in total. The van der Waals surface area contributed by atoms with Crippen LogP contribution in [0.2, 0.25) is 5.02 Å². The van der Waals surface area contributed by atoms with E-state index in [1.165, 1.54) is 18.5 Å². The molecule has 0 bridgehead atoms. The lowest BCUT2D eigenvalue weighted by Gasteiger charge is -2.12. The molecule has 4 rings (SSSR count). The van der Waals surface area contributed by atoms with Crippen molar-refractivity contribution >= 4 is 21.4 Å². The number of phenols is 1. The molecular weight excluding hydrogens is 448 g/mol. The number of oxazole rings is 1. The van der Waals surface area contributed by atoms with Gasteiger partial charge in [0, 0.05) is 22.8 Å². The molecule has 0 radical (unpaired) electrons. The van der Waals surface area contributed by atoms with E-state index >= 15 is 0 Å². The minimum atomic E-state index is -4.28. The van der Waals surface area contributed by atoms with Gasteiger partial charge in [-0.1, -0.05) is 41.9 Å². The molecule has 3 aromatic carbocycles. The zero-order chi connectivity index (χ0) is 22.2. The lowest BCUT2D eigenvalue weighted by Crippen LogP contribution is -2.08. The highest BCUT2D eigenvalue weighted by Gasteiger charge is 2.26. The minimum Gasteiger partial charge on any atom is -0.505 e. The van der Waals surface area contributed by atoms with E-state index < -0.39 is 37.9 Å². The van der Waals surface area contributed by atoms with Crippen LogP contribution in [0, 0.1) is 11.6 Å². The molecule has 0 atom stereocenters. The number of aromatic hydroxyl groups is 1. The number of rotatable bonds is 5. The highest BCUT2D eigenvalue weighted by molar-refractivity contribution is 7.90. The Hall–Kier alpha value is -3.23. The van der Waals surface area contributed by atoms with Crippen molar-refractivity contribution in [2.75, 3.05) is 0 Å². The van der Waals surface area contributed by atoms with E-state index in [4.69, 9.17) is 16.0 Å². The fourth-order valence-electron chi connectivity index (χ4n) is 3.13. The number of hydrogen-bond donors (Lipinski definition) is 1. The second-order valence-corrected chi connectivity index (χ2v) is 9.06. The number of phenolic OH excluding ortho intramolecular Hbond substituents is 1. The quantitative estimate of drug-likeness (QED) is 0.417. The van der Waals surface area contributed by atoms with Gasteiger partial charge < -0.3 is 9.52 Å². The molecule has 9 heteroatoms. The van der Waals surface area contributed by atoms with Gasteiger partial charge in [0.15, 0.2) is 15.6 Å². The molecular formula is C22H14ClF2NO4S. The average Bonchev–Trinajstić information content (AvgIpc) is 3.27. The molecule has 1 heterocycles. The van der Waals surface area contributed by atoms with Crippen LogP contribution in [0.5, 0.6) is 5.75 Å². The topological polar surface area (TPSA) is 80.4 Å². The largest absolute Gasteiger partial charge is 0.505 e. The summed E-state index contributed by atoms with van der Waals surface area (Å²) in [5.74, 6) is -3.24. The van der Waals surface area contributed by atoms with Gasteiger partial charge in [0.25, 0.3) is 0 Å². The highest BCUT2D eigenvalue weighted by atomic mass is 35.5. The lowest BCUT2D eigenvalue weighted by atomic mass is 10.0. The number of aromatic nitrogens is 1. The molecule has 0 saturated heterocycles. The van der Waals surface area contributed by atoms with E-state index in [1.807, 2.05) is 0 Å². The highest BCUT2D eigenvalue weighted by Crippen LogP contribution is 2.37. The Morgan fingerprint density at radius 1 is 1.00 bits per heavy atom. The van der Waals surface area contributed by atoms with Gasteiger partial charge in [0.05, 0.1) is 17.0 Å². The van der Waals surface area contributed by atoms with Gasteiger partial charge in [-0.2, -0.15) is 0 Å². The standard InChI is InChI=1S/C22H14ClF2NO4S/c23-17-9-14(22-26-6-7-30-22)10-20(21(17)27)31(28,29)12-15-8-16(19(25)11-18(15)24)13-4-2-1-3-5-13/h1-11,27H,12H2. The Labute approximate surface area is 181 Å². The first-order chi connectivity index (χ1) is 14.8. The maximum absolute atomic E-state index is 14.5. The second kappa shape index (κ2) is 8.13. The number of nitrogens with zero attached hydrogens (tertiary/aromatic N) is 1. The van der Waals surface area contributed by atoms with Gasteiger partial charge in [0.1, 0.15) is 22.8 Å². The number of sulfone groups is 1. The van der Waals surface area contributed by atoms with Gasteiger partial charge >= 0.3 is 0 Å². The molecule has 0 fully saturated rings. The van der Waals surface area contributed by atoms with Crippen LogP contribution in [0.1, 0.15) is 5.56 Å². The smallest absolute Gasteiger partial charge is 0.225 e. The molecule has 0 aliphatic rings. The van der Waals surface area contributed by atoms with E-state index in [0.717, 1.165) is 12.1 Å². The third kappa shape index (κ3) is 4.17. The Bertz CT molecular complexity index is 1360. The summed E-state index contributed by atoms with van der Waals surface area (Å²) >= 11 is 5.99. The Balaban J connectivity index is 1.78. The van der Waals surface area contributed by atoms with Crippen molar-refractivity contribution in [3.63, 3.8) is 0 Å². The van der Waals surface area contributed by atoms with Crippen molar-refractivity contribution in [1.82, 2.24) is 4.98 Å². The zero-order valence-electron chi connectivity index (χ0n) is 15.7. The molecule has 31 heavy (non-hydrogen) atoms. The van der Waals surface area contributed by atoms with Crippen molar-refractivity contribution in [3.05, 3.63) is 89.3 Å². The van der Waals surface area contributed by atoms with Crippen molar-refractivity contribution < 1.29 is 26.7 Å². The normalized spacial score (nSPS) is 11.6. The fourth-order valence-corrected chi connectivity index (χ4v) is 4.90. The van der Waals surface area contributed by atoms with Gasteiger partial charge in [0.2, 0.25) is 5.89 Å². The van der Waals surface area contributed by atoms with E-state index in [-0.39, 0.29) is 27.6 Å². The summed E-state index contributed by atoms with van der Waals surface area (Å²) in [6.45, 7) is 0. The Morgan fingerprint density at radius 2 is 1.74 bits per heavy atom. The third-order valence-electron chi connectivity index (χ3n) is 4.61. The van der Waals surface area contributed by atoms with Crippen molar-refractivity contribution in [2.45, 2.75) is 10.6 Å². The van der Waals surface area contributed by atoms with Crippen LogP contribution in [0.25, 0.3) is 22.6 Å². The molecule has 0 aliphatic carbocycles. The molecule has 158 valence electrons. The van der Waals surface area contributed by atoms with Crippen LogP contribution >= 0.6 is 11.6 Å². The second-order valence-electron chi connectivity index (χ2n) is 6.69. The van der Waals surface area contributed by atoms with Crippen LogP contribution < -0.4 is 0 Å². The van der Waals surface area contributed by atoms with Crippen molar-refractivity contribution in [3.8, 4) is 28.3 Å². The molecule has 4 aromatic rings. The summed E-state index contributed by atoms with van der Waals surface area (Å²) in [5, 5.41) is 10.0. The van der Waals surface area contributed by atoms with Gasteiger partial charge in [-0.25, -0.2) is 22.2 Å². The number of hydrogen-bond acceptors (Lipinski definition) is 5. The maximum atomic E-state index is 14.5. The Kier molecular flexibility index (Phi) is 5.51. The minimum absolute atomic E-state index is 0.0583. The van der Waals surface area contributed by atoms with E-state index in [1.54, 1.807) is 30.3 Å². The molecule has 5 nitrogen and oxygen atoms in total. The Morgan fingerprint density at radius 3 is 2.42 bits per heavy atom. The summed E-state index contributed by atoms with van der Waals surface area (Å²) in [7, 11) is -4.28. The van der Waals surface area contributed by atoms with E-state index in [2.05, 4.69) is 4.98 Å². The summed E-state index contributed by atoms with van der Waals surface area (Å²) in [6, 6.07) is 12.6. The summed E-state index contributed by atoms with van der Waals surface area (Å²) in [4.78, 5) is 3.41. The lowest BCUT2D eigenvalue weighted by molar-refractivity contribution is 0.459. The third-order valence-corrected chi connectivity index (χ3v) is 6.57. The van der Waals surface area contributed by atoms with Crippen molar-refractivity contribution in [2.24, 2.45) is 0 Å². The summed E-state index contributed by atoms with van der Waals surface area (Å²) in [5.41, 5.74) is 0.492. The van der Waals surface area contributed by atoms with Crippen LogP contribution in [0.15, 0.2) is 76.4 Å². The number of halogens is 3. The fraction of sp³-hybridized carbons (Fsp3) is 0.0455. The van der Waals surface area contributed by atoms with Gasteiger partial charge in [-0.3, -0.25) is 0 Å². The molecule has 0 unspecified atom stereocenters. The zero-order valence-corrected chi connectivity index (χ0v) is 17.3. The van der Waals surface area contributed by atoms with Crippen LogP contribution in [0.4, 0.5) is 8.78 Å². The first kappa shape index (κ1) is 21.0. The average molecular weight is 462 g/mol. The van der Waals surface area contributed by atoms with E-state index in [9.17, 15) is 22.3 Å². The van der Waals surface area contributed by atoms with Crippen LogP contribution in [0.3, 0.4) is 0 Å². The molecule has 0 spiro atoms. The first-order valence-corrected chi connectivity index (χ1v) is 11.0. The van der Waals surface area contributed by atoms with Crippen molar-refractivity contribution in [1.29, 1.82) is 0 Å². The first-order valence-electron chi connectivity index (χ1n) is 8.95. The van der Waals surface area contributed by atoms with Crippen LogP contribution in [-0.2, 0) is 15.6 Å². The number of benzene rings is 3. The summed E-state index contributed by atoms with van der Waals surface area (Å²) < 4.78 is 60.0. The monoisotopic (exact) mass is 461 g/mol. The SMILES string of the molecule is O=S(=O)(Cc1cc(-c2ccccc2)c(F)cc1F)c1cc(-c2ncco2)cc(Cl)c1O. The van der Waals surface area contributed by atoms with Gasteiger partial charge in [-0.05, 0) is 23.8 Å². The molecule has 0 aliphatic heterocycles. The maximum Gasteiger partial charge on any atom is 0.225 e. The molecule has 1 aromatic heterocycles. The molecule has 0 saturated carbocycles.